The summed E-state index contributed by atoms with van der Waals surface area (Å²) in [6.45, 7) is 6.41. The Bertz CT molecular complexity index is 1560. The van der Waals surface area contributed by atoms with Gasteiger partial charge in [0.25, 0.3) is 5.69 Å². The normalized spacial score (nSPS) is 14.7. The lowest BCUT2D eigenvalue weighted by Gasteiger charge is -2.35. The van der Waals surface area contributed by atoms with Crippen LogP contribution < -0.4 is 19.7 Å². The van der Waals surface area contributed by atoms with Crippen molar-refractivity contribution >= 4 is 33.8 Å². The molecule has 1 atom stereocenters. The van der Waals surface area contributed by atoms with E-state index in [1.807, 2.05) is 6.07 Å². The van der Waals surface area contributed by atoms with Gasteiger partial charge in [0, 0.05) is 49.4 Å². The maximum atomic E-state index is 14.9. The Morgan fingerprint density at radius 1 is 1.10 bits per heavy atom. The summed E-state index contributed by atoms with van der Waals surface area (Å²) in [5.41, 5.74) is 0.441. The van der Waals surface area contributed by atoms with Gasteiger partial charge in [0.05, 0.1) is 30.9 Å². The van der Waals surface area contributed by atoms with Crippen LogP contribution in [0.4, 0.5) is 31.7 Å². The molecule has 0 bridgehead atoms. The first-order valence-corrected chi connectivity index (χ1v) is 12.9. The number of pyridine rings is 1. The zero-order chi connectivity index (χ0) is 29.3. The molecule has 2 N–H and O–H groups in total. The molecule has 216 valence electrons. The second-order valence-corrected chi connectivity index (χ2v) is 9.49. The van der Waals surface area contributed by atoms with E-state index >= 15 is 0 Å². The van der Waals surface area contributed by atoms with E-state index in [2.05, 4.69) is 27.0 Å². The Hall–Kier alpha value is -4.49. The molecule has 1 fully saturated rings. The fraction of sp³-hybridized carbons (Fsp3) is 0.321. The Labute approximate surface area is 234 Å². The van der Waals surface area contributed by atoms with Crippen molar-refractivity contribution in [3.63, 3.8) is 0 Å². The largest absolute Gasteiger partial charge is 0.494 e. The van der Waals surface area contributed by atoms with Gasteiger partial charge in [0.2, 0.25) is 0 Å². The highest BCUT2D eigenvalue weighted by Gasteiger charge is 2.29. The van der Waals surface area contributed by atoms with Crippen molar-refractivity contribution in [3.8, 4) is 11.5 Å². The molecule has 0 amide bonds. The number of furan rings is 1. The van der Waals surface area contributed by atoms with Crippen LogP contribution in [0.1, 0.15) is 24.4 Å². The molecular formula is C28H29F2N5O6. The van der Waals surface area contributed by atoms with E-state index in [0.29, 0.717) is 5.39 Å². The lowest BCUT2D eigenvalue weighted by atomic mass is 10.0. The molecule has 0 aliphatic carbocycles. The first kappa shape index (κ1) is 28.1. The molecule has 13 heteroatoms. The fourth-order valence-corrected chi connectivity index (χ4v) is 4.89. The average molecular weight is 570 g/mol. The smallest absolute Gasteiger partial charge is 0.294 e. The minimum absolute atomic E-state index is 0.108. The summed E-state index contributed by atoms with van der Waals surface area (Å²) in [5, 5.41) is 26.2. The maximum absolute atomic E-state index is 14.9. The molecule has 4 aromatic rings. The first-order chi connectivity index (χ1) is 19.7. The number of aromatic nitrogens is 1. The van der Waals surface area contributed by atoms with Crippen LogP contribution in [-0.4, -0.2) is 66.9 Å². The third kappa shape index (κ3) is 5.45. The number of aliphatic hydroxyl groups is 1. The highest BCUT2D eigenvalue weighted by molar-refractivity contribution is 5.82. The first-order valence-electron chi connectivity index (χ1n) is 12.9. The lowest BCUT2D eigenvalue weighted by molar-refractivity contribution is -0.383. The molecule has 1 saturated heterocycles. The molecule has 1 aliphatic rings. The van der Waals surface area contributed by atoms with Crippen molar-refractivity contribution in [2.75, 3.05) is 57.2 Å². The third-order valence-corrected chi connectivity index (χ3v) is 7.20. The van der Waals surface area contributed by atoms with Crippen molar-refractivity contribution in [3.05, 3.63) is 75.7 Å². The number of likely N-dealkylation sites (N-methyl/N-ethyl adjacent to an activating group) is 1. The molecule has 1 unspecified atom stereocenters. The summed E-state index contributed by atoms with van der Waals surface area (Å²) in [7, 11) is 2.41. The van der Waals surface area contributed by atoms with E-state index < -0.39 is 28.2 Å². The van der Waals surface area contributed by atoms with E-state index in [9.17, 15) is 24.0 Å². The van der Waals surface area contributed by atoms with Crippen LogP contribution in [0.3, 0.4) is 0 Å². The predicted molar refractivity (Wildman–Crippen MR) is 148 cm³/mol. The predicted octanol–water partition coefficient (Wildman–Crippen LogP) is 5.00. The number of halogens is 2. The number of benzene rings is 2. The third-order valence-electron chi connectivity index (χ3n) is 7.20. The summed E-state index contributed by atoms with van der Waals surface area (Å²) in [4.78, 5) is 20.2. The van der Waals surface area contributed by atoms with Gasteiger partial charge in [0.15, 0.2) is 28.7 Å². The average Bonchev–Trinajstić information content (AvgIpc) is 3.41. The van der Waals surface area contributed by atoms with E-state index in [-0.39, 0.29) is 40.0 Å². The monoisotopic (exact) mass is 569 g/mol. The number of rotatable bonds is 9. The standard InChI is InChI=1S/C28H29F2N5O6/c1-4-33-7-9-34(10-8-33)17-5-6-18(19(13-17)35(37)38)32-24-12-16-11-22(41-23(16)15-31-24)28(36)25-26(29)20(39-2)14-21(40-3)27(25)30/h5-6,11-15,28,36H,4,7-10H2,1-3H3,(H,31,32). The van der Waals surface area contributed by atoms with Gasteiger partial charge in [0.1, 0.15) is 23.4 Å². The van der Waals surface area contributed by atoms with Gasteiger partial charge in [-0.05, 0) is 30.8 Å². The molecule has 0 spiro atoms. The van der Waals surface area contributed by atoms with Crippen LogP contribution in [0, 0.1) is 21.7 Å². The number of piperazine rings is 1. The van der Waals surface area contributed by atoms with Gasteiger partial charge in [-0.2, -0.15) is 0 Å². The second-order valence-electron chi connectivity index (χ2n) is 9.49. The number of hydrogen-bond donors (Lipinski definition) is 2. The van der Waals surface area contributed by atoms with Crippen LogP contribution in [0.25, 0.3) is 11.0 Å². The lowest BCUT2D eigenvalue weighted by Crippen LogP contribution is -2.46. The molecule has 2 aromatic carbocycles. The van der Waals surface area contributed by atoms with Crippen LogP contribution >= 0.6 is 0 Å². The number of nitrogens with zero attached hydrogens (tertiary/aromatic N) is 4. The van der Waals surface area contributed by atoms with Crippen LogP contribution in [0.15, 0.2) is 47.0 Å². The molecule has 2 aromatic heterocycles. The van der Waals surface area contributed by atoms with Gasteiger partial charge in [-0.15, -0.1) is 0 Å². The Balaban J connectivity index is 1.41. The minimum Gasteiger partial charge on any atom is -0.494 e. The molecule has 0 saturated carbocycles. The number of nitrogens with one attached hydrogen (secondary N) is 1. The van der Waals surface area contributed by atoms with Gasteiger partial charge in [-0.3, -0.25) is 10.1 Å². The molecular weight excluding hydrogens is 540 g/mol. The number of anilines is 3. The fourth-order valence-electron chi connectivity index (χ4n) is 4.89. The summed E-state index contributed by atoms with van der Waals surface area (Å²) >= 11 is 0. The van der Waals surface area contributed by atoms with Gasteiger partial charge >= 0.3 is 0 Å². The SMILES string of the molecule is CCN1CCN(c2ccc(Nc3cc4cc(C(O)c5c(F)c(OC)cc(OC)c5F)oc4cn3)c([N+](=O)[O-])c2)CC1. The number of nitro groups is 1. The summed E-state index contributed by atoms with van der Waals surface area (Å²) < 4.78 is 45.4. The molecule has 3 heterocycles. The Kier molecular flexibility index (Phi) is 7.90. The maximum Gasteiger partial charge on any atom is 0.294 e. The van der Waals surface area contributed by atoms with Crippen molar-refractivity contribution in [2.24, 2.45) is 0 Å². The Morgan fingerprint density at radius 2 is 1.78 bits per heavy atom. The van der Waals surface area contributed by atoms with Gasteiger partial charge in [-0.25, -0.2) is 13.8 Å². The Morgan fingerprint density at radius 3 is 2.39 bits per heavy atom. The number of fused-ring (bicyclic) bond motifs is 1. The number of ether oxygens (including phenoxy) is 2. The summed E-state index contributed by atoms with van der Waals surface area (Å²) in [5.74, 6) is -2.68. The molecule has 1 aliphatic heterocycles. The van der Waals surface area contributed by atoms with Gasteiger partial charge < -0.3 is 34.1 Å². The zero-order valence-electron chi connectivity index (χ0n) is 22.7. The van der Waals surface area contributed by atoms with E-state index in [1.54, 1.807) is 18.2 Å². The topological polar surface area (TPSA) is 126 Å². The zero-order valence-corrected chi connectivity index (χ0v) is 22.7. The number of aliphatic hydroxyl groups excluding tert-OH is 1. The second kappa shape index (κ2) is 11.6. The molecule has 41 heavy (non-hydrogen) atoms. The summed E-state index contributed by atoms with van der Waals surface area (Å²) in [6.07, 6.45) is -0.476. The minimum atomic E-state index is -1.82. The van der Waals surface area contributed by atoms with Crippen LogP contribution in [-0.2, 0) is 0 Å². The van der Waals surface area contributed by atoms with E-state index in [0.717, 1.165) is 44.5 Å². The van der Waals surface area contributed by atoms with Crippen molar-refractivity contribution < 1.29 is 32.7 Å². The van der Waals surface area contributed by atoms with Crippen molar-refractivity contribution in [2.45, 2.75) is 13.0 Å². The van der Waals surface area contributed by atoms with E-state index in [1.165, 1.54) is 26.5 Å². The van der Waals surface area contributed by atoms with Gasteiger partial charge in [-0.1, -0.05) is 6.92 Å². The number of methoxy groups -OCH3 is 2. The molecule has 11 nitrogen and oxygen atoms in total. The summed E-state index contributed by atoms with van der Waals surface area (Å²) in [6, 6.07) is 9.01. The van der Waals surface area contributed by atoms with Crippen LogP contribution in [0.5, 0.6) is 11.5 Å². The highest BCUT2D eigenvalue weighted by atomic mass is 19.1. The van der Waals surface area contributed by atoms with Crippen molar-refractivity contribution in [1.82, 2.24) is 9.88 Å². The van der Waals surface area contributed by atoms with Crippen LogP contribution in [0.2, 0.25) is 0 Å². The quantitative estimate of drug-likeness (QED) is 0.210. The molecule has 0 radical (unpaired) electrons. The van der Waals surface area contributed by atoms with Crippen molar-refractivity contribution in [1.29, 1.82) is 0 Å². The number of nitro benzene ring substituents is 1. The van der Waals surface area contributed by atoms with E-state index in [4.69, 9.17) is 13.9 Å². The highest BCUT2D eigenvalue weighted by Crippen LogP contribution is 2.39. The number of hydrogen-bond acceptors (Lipinski definition) is 10. The molecule has 5 rings (SSSR count).